The zero-order valence-electron chi connectivity index (χ0n) is 14.1. The van der Waals surface area contributed by atoms with Crippen molar-refractivity contribution in [3.05, 3.63) is 66.2 Å². The summed E-state index contributed by atoms with van der Waals surface area (Å²) in [5.41, 5.74) is 0.958. The minimum Gasteiger partial charge on any atom is -0.288 e. The van der Waals surface area contributed by atoms with Crippen LogP contribution in [-0.4, -0.2) is 18.9 Å². The van der Waals surface area contributed by atoms with Crippen molar-refractivity contribution in [3.8, 4) is 0 Å². The van der Waals surface area contributed by atoms with Crippen molar-refractivity contribution in [3.63, 3.8) is 0 Å². The number of hydrogen-bond donors (Lipinski definition) is 0. The Balaban J connectivity index is 1.96. The molecule has 0 fully saturated rings. The molecule has 3 aromatic rings. The predicted octanol–water partition coefficient (Wildman–Crippen LogP) is 6.42. The third kappa shape index (κ3) is 3.58. The first-order valence-corrected chi connectivity index (χ1v) is 8.01. The number of fused-ring (bicyclic) bond motifs is 3. The highest BCUT2D eigenvalue weighted by Gasteiger charge is 2.33. The zero-order valence-corrected chi connectivity index (χ0v) is 14.1. The molecule has 0 aliphatic heterocycles. The Labute approximate surface area is 144 Å². The van der Waals surface area contributed by atoms with Gasteiger partial charge in [0.15, 0.2) is 0 Å². The fourth-order valence-electron chi connectivity index (χ4n) is 2.96. The summed E-state index contributed by atoms with van der Waals surface area (Å²) in [5, 5.41) is 4.56. The van der Waals surface area contributed by atoms with Gasteiger partial charge in [-0.15, -0.1) is 0 Å². The van der Waals surface area contributed by atoms with Crippen LogP contribution in [0.2, 0.25) is 0 Å². The molecule has 0 atom stereocenters. The number of alkyl halides is 3. The maximum Gasteiger partial charge on any atom is 0.429 e. The molecule has 25 heavy (non-hydrogen) atoms. The average molecular weight is 341 g/mol. The molecule has 0 heterocycles. The van der Waals surface area contributed by atoms with Crippen molar-refractivity contribution in [1.29, 1.82) is 0 Å². The van der Waals surface area contributed by atoms with Gasteiger partial charge in [-0.3, -0.25) is 4.99 Å². The Morgan fingerprint density at radius 2 is 1.64 bits per heavy atom. The van der Waals surface area contributed by atoms with Crippen molar-refractivity contribution in [1.82, 2.24) is 0 Å². The SMILES string of the molecule is CN=C(C/C=C(\C)c1ccc2c(ccc3ccccc32)c1)C(F)(F)F. The van der Waals surface area contributed by atoms with Crippen molar-refractivity contribution in [2.45, 2.75) is 19.5 Å². The molecule has 0 unspecified atom stereocenters. The second-order valence-corrected chi connectivity index (χ2v) is 5.98. The molecule has 0 N–H and O–H groups in total. The minimum atomic E-state index is -4.38. The van der Waals surface area contributed by atoms with Crippen molar-refractivity contribution >= 4 is 32.8 Å². The van der Waals surface area contributed by atoms with Crippen LogP contribution in [0, 0.1) is 0 Å². The molecule has 0 radical (unpaired) electrons. The topological polar surface area (TPSA) is 12.4 Å². The van der Waals surface area contributed by atoms with E-state index in [9.17, 15) is 13.2 Å². The maximum atomic E-state index is 12.8. The van der Waals surface area contributed by atoms with Crippen LogP contribution in [0.3, 0.4) is 0 Å². The van der Waals surface area contributed by atoms with Gasteiger partial charge in [-0.25, -0.2) is 0 Å². The highest BCUT2D eigenvalue weighted by molar-refractivity contribution is 6.08. The lowest BCUT2D eigenvalue weighted by Crippen LogP contribution is -2.22. The molecule has 0 amide bonds. The van der Waals surface area contributed by atoms with E-state index in [-0.39, 0.29) is 6.42 Å². The highest BCUT2D eigenvalue weighted by atomic mass is 19.4. The van der Waals surface area contributed by atoms with Crippen molar-refractivity contribution < 1.29 is 13.2 Å². The predicted molar refractivity (Wildman–Crippen MR) is 99.1 cm³/mol. The molecule has 1 nitrogen and oxygen atoms in total. The van der Waals surface area contributed by atoms with E-state index in [0.717, 1.165) is 21.9 Å². The van der Waals surface area contributed by atoms with Crippen LogP contribution >= 0.6 is 0 Å². The molecule has 0 aliphatic rings. The second-order valence-electron chi connectivity index (χ2n) is 5.98. The highest BCUT2D eigenvalue weighted by Crippen LogP contribution is 2.28. The third-order valence-electron chi connectivity index (χ3n) is 4.40. The molecule has 4 heteroatoms. The quantitative estimate of drug-likeness (QED) is 0.385. The van der Waals surface area contributed by atoms with Gasteiger partial charge in [-0.05, 0) is 45.7 Å². The number of benzene rings is 3. The summed E-state index contributed by atoms with van der Waals surface area (Å²) in [6.07, 6.45) is -3.02. The molecular weight excluding hydrogens is 323 g/mol. The normalized spacial score (nSPS) is 13.6. The van der Waals surface area contributed by atoms with Crippen LogP contribution in [0.15, 0.2) is 65.7 Å². The van der Waals surface area contributed by atoms with E-state index < -0.39 is 11.9 Å². The van der Waals surface area contributed by atoms with Crippen LogP contribution < -0.4 is 0 Å². The summed E-state index contributed by atoms with van der Waals surface area (Å²) in [6.45, 7) is 1.83. The van der Waals surface area contributed by atoms with E-state index in [2.05, 4.69) is 23.2 Å². The molecule has 0 spiro atoms. The van der Waals surface area contributed by atoms with Gasteiger partial charge in [0.25, 0.3) is 0 Å². The molecule has 0 saturated heterocycles. The molecule has 0 saturated carbocycles. The Bertz CT molecular complexity index is 981. The first-order chi connectivity index (χ1) is 11.9. The summed E-state index contributed by atoms with van der Waals surface area (Å²) in [4.78, 5) is 3.36. The summed E-state index contributed by atoms with van der Waals surface area (Å²) < 4.78 is 38.3. The van der Waals surface area contributed by atoms with E-state index >= 15 is 0 Å². The van der Waals surface area contributed by atoms with E-state index in [4.69, 9.17) is 0 Å². The third-order valence-corrected chi connectivity index (χ3v) is 4.40. The van der Waals surface area contributed by atoms with Crippen LogP contribution in [-0.2, 0) is 0 Å². The number of nitrogens with zero attached hydrogens (tertiary/aromatic N) is 1. The molecule has 128 valence electrons. The fraction of sp³-hybridized carbons (Fsp3) is 0.190. The van der Waals surface area contributed by atoms with Gasteiger partial charge < -0.3 is 0 Å². The fourth-order valence-corrected chi connectivity index (χ4v) is 2.96. The summed E-state index contributed by atoms with van der Waals surface area (Å²) in [5.74, 6) is 0. The Morgan fingerprint density at radius 3 is 2.36 bits per heavy atom. The lowest BCUT2D eigenvalue weighted by Gasteiger charge is -2.09. The molecule has 3 aromatic carbocycles. The first-order valence-electron chi connectivity index (χ1n) is 8.01. The van der Waals surface area contributed by atoms with Crippen LogP contribution in [0.25, 0.3) is 27.1 Å². The number of halogens is 3. The lowest BCUT2D eigenvalue weighted by atomic mass is 9.97. The van der Waals surface area contributed by atoms with Gasteiger partial charge in [0, 0.05) is 13.5 Å². The maximum absolute atomic E-state index is 12.8. The molecular formula is C21H18F3N. The minimum absolute atomic E-state index is 0.221. The number of rotatable bonds is 3. The van der Waals surface area contributed by atoms with Gasteiger partial charge >= 0.3 is 6.18 Å². The van der Waals surface area contributed by atoms with Gasteiger partial charge in [-0.2, -0.15) is 13.2 Å². The van der Waals surface area contributed by atoms with Crippen molar-refractivity contribution in [2.24, 2.45) is 4.99 Å². The number of allylic oxidation sites excluding steroid dienone is 2. The summed E-state index contributed by atoms with van der Waals surface area (Å²) >= 11 is 0. The first kappa shape index (κ1) is 17.2. The Hall–Kier alpha value is -2.62. The Kier molecular flexibility index (Phi) is 4.62. The van der Waals surface area contributed by atoms with Gasteiger partial charge in [0.2, 0.25) is 0 Å². The van der Waals surface area contributed by atoms with Crippen LogP contribution in [0.1, 0.15) is 18.9 Å². The average Bonchev–Trinajstić information content (AvgIpc) is 2.60. The standard InChI is InChI=1S/C21H18F3N/c1-14(7-12-20(25-2)21(22,23)24)16-10-11-19-17(13-16)9-8-15-5-3-4-6-18(15)19/h3-11,13H,12H2,1-2H3/b14-7+,25-20?. The smallest absolute Gasteiger partial charge is 0.288 e. The van der Waals surface area contributed by atoms with E-state index in [1.807, 2.05) is 43.3 Å². The van der Waals surface area contributed by atoms with Gasteiger partial charge in [-0.1, -0.05) is 54.6 Å². The number of aliphatic imine (C=N–C) groups is 1. The van der Waals surface area contributed by atoms with E-state index in [1.165, 1.54) is 17.8 Å². The molecule has 0 bridgehead atoms. The molecule has 0 aromatic heterocycles. The van der Waals surface area contributed by atoms with Crippen molar-refractivity contribution in [2.75, 3.05) is 7.05 Å². The van der Waals surface area contributed by atoms with Crippen LogP contribution in [0.4, 0.5) is 13.2 Å². The second kappa shape index (κ2) is 6.71. The summed E-state index contributed by atoms with van der Waals surface area (Å²) in [6, 6.07) is 18.3. The van der Waals surface area contributed by atoms with Gasteiger partial charge in [0.05, 0.1) is 0 Å². The Morgan fingerprint density at radius 1 is 0.960 bits per heavy atom. The molecule has 0 aliphatic carbocycles. The van der Waals surface area contributed by atoms with E-state index in [1.54, 1.807) is 6.08 Å². The molecule has 3 rings (SSSR count). The zero-order chi connectivity index (χ0) is 18.0. The monoisotopic (exact) mass is 341 g/mol. The van der Waals surface area contributed by atoms with E-state index in [0.29, 0.717) is 0 Å². The lowest BCUT2D eigenvalue weighted by molar-refractivity contribution is -0.0600. The number of hydrogen-bond acceptors (Lipinski definition) is 1. The summed E-state index contributed by atoms with van der Waals surface area (Å²) in [7, 11) is 1.17. The van der Waals surface area contributed by atoms with Gasteiger partial charge in [0.1, 0.15) is 5.71 Å². The largest absolute Gasteiger partial charge is 0.429 e. The van der Waals surface area contributed by atoms with Crippen LogP contribution in [0.5, 0.6) is 0 Å².